The third-order valence-electron chi connectivity index (χ3n) is 2.93. The zero-order valence-corrected chi connectivity index (χ0v) is 12.5. The molecule has 0 aliphatic heterocycles. The van der Waals surface area contributed by atoms with Crippen LogP contribution >= 0.6 is 11.8 Å². The maximum absolute atomic E-state index is 5.56. The van der Waals surface area contributed by atoms with Crippen LogP contribution in [0.1, 0.15) is 11.1 Å². The predicted molar refractivity (Wildman–Crippen MR) is 79.3 cm³/mol. The monoisotopic (exact) mass is 302 g/mol. The number of nitrogens with zero attached hydrogens (tertiary/aromatic N) is 2. The van der Waals surface area contributed by atoms with Gasteiger partial charge in [-0.1, -0.05) is 29.5 Å². The Morgan fingerprint density at radius 1 is 1.24 bits per heavy atom. The molecule has 1 aromatic carbocycles. The first-order chi connectivity index (χ1) is 10.3. The van der Waals surface area contributed by atoms with E-state index in [0.717, 1.165) is 11.3 Å². The summed E-state index contributed by atoms with van der Waals surface area (Å²) in [5, 5.41) is 8.48. The van der Waals surface area contributed by atoms with Gasteiger partial charge in [-0.25, -0.2) is 0 Å². The van der Waals surface area contributed by atoms with Crippen LogP contribution in [0.4, 0.5) is 0 Å². The number of hydrogen-bond acceptors (Lipinski definition) is 6. The molecular weight excluding hydrogens is 288 g/mol. The molecule has 0 unspecified atom stereocenters. The third kappa shape index (κ3) is 3.11. The second-order valence-corrected chi connectivity index (χ2v) is 5.38. The molecule has 0 saturated carbocycles. The molecule has 0 radical (unpaired) electrons. The van der Waals surface area contributed by atoms with Crippen molar-refractivity contribution in [3.8, 4) is 17.4 Å². The van der Waals surface area contributed by atoms with Gasteiger partial charge in [0, 0.05) is 11.3 Å². The summed E-state index contributed by atoms with van der Waals surface area (Å²) < 4.78 is 16.1. The Morgan fingerprint density at radius 3 is 2.90 bits per heavy atom. The van der Waals surface area contributed by atoms with E-state index in [1.54, 1.807) is 25.5 Å². The van der Waals surface area contributed by atoms with Gasteiger partial charge < -0.3 is 13.6 Å². The first-order valence-corrected chi connectivity index (χ1v) is 7.38. The number of aryl methyl sites for hydroxylation is 1. The molecule has 108 valence electrons. The van der Waals surface area contributed by atoms with E-state index in [1.807, 2.05) is 12.1 Å². The van der Waals surface area contributed by atoms with Gasteiger partial charge in [-0.15, -0.1) is 10.2 Å². The zero-order valence-electron chi connectivity index (χ0n) is 11.7. The Kier molecular flexibility index (Phi) is 3.96. The fourth-order valence-corrected chi connectivity index (χ4v) is 2.67. The number of ether oxygens (including phenoxy) is 1. The molecule has 0 amide bonds. The summed E-state index contributed by atoms with van der Waals surface area (Å²) in [6.07, 6.45) is 1.57. The molecule has 0 fully saturated rings. The van der Waals surface area contributed by atoms with Crippen LogP contribution in [0.3, 0.4) is 0 Å². The van der Waals surface area contributed by atoms with E-state index >= 15 is 0 Å². The highest BCUT2D eigenvalue weighted by Gasteiger charge is 2.12. The highest BCUT2D eigenvalue weighted by Crippen LogP contribution is 2.29. The van der Waals surface area contributed by atoms with Crippen LogP contribution in [-0.2, 0) is 5.75 Å². The van der Waals surface area contributed by atoms with Gasteiger partial charge in [0.05, 0.1) is 13.4 Å². The van der Waals surface area contributed by atoms with Crippen LogP contribution in [0.2, 0.25) is 0 Å². The van der Waals surface area contributed by atoms with Crippen molar-refractivity contribution in [2.24, 2.45) is 0 Å². The van der Waals surface area contributed by atoms with Crippen LogP contribution in [0.25, 0.3) is 11.7 Å². The maximum atomic E-state index is 5.56. The van der Waals surface area contributed by atoms with Gasteiger partial charge in [0.2, 0.25) is 0 Å². The summed E-state index contributed by atoms with van der Waals surface area (Å²) >= 11 is 1.47. The third-order valence-corrected chi connectivity index (χ3v) is 3.79. The minimum absolute atomic E-state index is 0.388. The minimum atomic E-state index is 0.388. The average molecular weight is 302 g/mol. The van der Waals surface area contributed by atoms with Crippen molar-refractivity contribution < 1.29 is 13.6 Å². The molecule has 5 nitrogen and oxygen atoms in total. The van der Waals surface area contributed by atoms with Crippen molar-refractivity contribution in [1.82, 2.24) is 10.2 Å². The Hall–Kier alpha value is -2.21. The van der Waals surface area contributed by atoms with Crippen LogP contribution in [0.5, 0.6) is 5.75 Å². The SMILES string of the molecule is COc1ccc(C)cc1CSc1nnc(-c2ccco2)o1. The molecule has 2 heterocycles. The lowest BCUT2D eigenvalue weighted by Gasteiger charge is -2.07. The van der Waals surface area contributed by atoms with Crippen molar-refractivity contribution in [3.63, 3.8) is 0 Å². The second-order valence-electron chi connectivity index (χ2n) is 4.45. The quantitative estimate of drug-likeness (QED) is 0.665. The molecule has 0 aliphatic carbocycles. The smallest absolute Gasteiger partial charge is 0.284 e. The van der Waals surface area contributed by atoms with Crippen LogP contribution < -0.4 is 4.74 Å². The Balaban J connectivity index is 1.72. The standard InChI is InChI=1S/C15H14N2O3S/c1-10-5-6-12(18-2)11(8-10)9-21-15-17-16-14(20-15)13-4-3-7-19-13/h3-8H,9H2,1-2H3. The van der Waals surface area contributed by atoms with Crippen molar-refractivity contribution in [2.45, 2.75) is 17.9 Å². The summed E-state index contributed by atoms with van der Waals surface area (Å²) in [7, 11) is 1.67. The number of furan rings is 1. The normalized spacial score (nSPS) is 10.8. The minimum Gasteiger partial charge on any atom is -0.496 e. The highest BCUT2D eigenvalue weighted by molar-refractivity contribution is 7.98. The second kappa shape index (κ2) is 6.05. The van der Waals surface area contributed by atoms with Gasteiger partial charge in [-0.05, 0) is 25.1 Å². The number of aromatic nitrogens is 2. The van der Waals surface area contributed by atoms with Gasteiger partial charge in [0.1, 0.15) is 5.75 Å². The lowest BCUT2D eigenvalue weighted by atomic mass is 10.1. The average Bonchev–Trinajstić information content (AvgIpc) is 3.16. The summed E-state index contributed by atoms with van der Waals surface area (Å²) in [5.74, 6) is 2.52. The number of benzene rings is 1. The summed E-state index contributed by atoms with van der Waals surface area (Å²) in [4.78, 5) is 0. The van der Waals surface area contributed by atoms with Crippen LogP contribution in [0, 0.1) is 6.92 Å². The molecule has 0 saturated heterocycles. The summed E-state index contributed by atoms with van der Waals surface area (Å²) in [6, 6.07) is 9.65. The largest absolute Gasteiger partial charge is 0.496 e. The van der Waals surface area contributed by atoms with E-state index in [9.17, 15) is 0 Å². The molecule has 3 rings (SSSR count). The Labute approximate surface area is 126 Å². The molecule has 2 aromatic heterocycles. The Bertz CT molecular complexity index is 722. The summed E-state index contributed by atoms with van der Waals surface area (Å²) in [5.41, 5.74) is 2.29. The molecule has 0 spiro atoms. The van der Waals surface area contributed by atoms with Crippen molar-refractivity contribution >= 4 is 11.8 Å². The van der Waals surface area contributed by atoms with E-state index in [-0.39, 0.29) is 0 Å². The van der Waals surface area contributed by atoms with Gasteiger partial charge >= 0.3 is 0 Å². The summed E-state index contributed by atoms with van der Waals surface area (Å²) in [6.45, 7) is 2.05. The molecule has 0 bridgehead atoms. The predicted octanol–water partition coefficient (Wildman–Crippen LogP) is 3.94. The number of hydrogen-bond donors (Lipinski definition) is 0. The van der Waals surface area contributed by atoms with Gasteiger partial charge in [0.25, 0.3) is 11.1 Å². The van der Waals surface area contributed by atoms with Gasteiger partial charge in [-0.2, -0.15) is 0 Å². The van der Waals surface area contributed by atoms with E-state index in [4.69, 9.17) is 13.6 Å². The molecule has 0 N–H and O–H groups in total. The maximum Gasteiger partial charge on any atom is 0.284 e. The number of methoxy groups -OCH3 is 1. The van der Waals surface area contributed by atoms with Crippen molar-refractivity contribution in [3.05, 3.63) is 47.7 Å². The molecule has 3 aromatic rings. The van der Waals surface area contributed by atoms with E-state index in [1.165, 1.54) is 17.3 Å². The van der Waals surface area contributed by atoms with Gasteiger partial charge in [0.15, 0.2) is 5.76 Å². The lowest BCUT2D eigenvalue weighted by Crippen LogP contribution is -1.91. The van der Waals surface area contributed by atoms with Crippen LogP contribution in [-0.4, -0.2) is 17.3 Å². The molecule has 6 heteroatoms. The van der Waals surface area contributed by atoms with Crippen LogP contribution in [0.15, 0.2) is 50.7 Å². The topological polar surface area (TPSA) is 61.3 Å². The van der Waals surface area contributed by atoms with E-state index < -0.39 is 0 Å². The van der Waals surface area contributed by atoms with Gasteiger partial charge in [-0.3, -0.25) is 0 Å². The highest BCUT2D eigenvalue weighted by atomic mass is 32.2. The Morgan fingerprint density at radius 2 is 2.14 bits per heavy atom. The fraction of sp³-hybridized carbons (Fsp3) is 0.200. The van der Waals surface area contributed by atoms with Crippen molar-refractivity contribution in [2.75, 3.05) is 7.11 Å². The lowest BCUT2D eigenvalue weighted by molar-refractivity contribution is 0.411. The van der Waals surface area contributed by atoms with Crippen molar-refractivity contribution in [1.29, 1.82) is 0 Å². The van der Waals surface area contributed by atoms with E-state index in [0.29, 0.717) is 22.6 Å². The first-order valence-electron chi connectivity index (χ1n) is 6.40. The van der Waals surface area contributed by atoms with E-state index in [2.05, 4.69) is 23.2 Å². The number of rotatable bonds is 5. The molecule has 0 aliphatic rings. The zero-order chi connectivity index (χ0) is 14.7. The fourth-order valence-electron chi connectivity index (χ4n) is 1.93. The number of thioether (sulfide) groups is 1. The molecule has 0 atom stereocenters. The first kappa shape index (κ1) is 13.8. The molecular formula is C15H14N2O3S. The molecule has 21 heavy (non-hydrogen) atoms.